The van der Waals surface area contributed by atoms with Crippen molar-refractivity contribution in [3.8, 4) is 5.75 Å². The number of hydrogen-bond donors (Lipinski definition) is 1. The summed E-state index contributed by atoms with van der Waals surface area (Å²) in [7, 11) is 0. The highest BCUT2D eigenvalue weighted by Gasteiger charge is 2.08. The number of aromatic carboxylic acids is 1. The summed E-state index contributed by atoms with van der Waals surface area (Å²) >= 11 is 0. The van der Waals surface area contributed by atoms with Crippen molar-refractivity contribution in [1.29, 1.82) is 0 Å². The molecule has 0 fully saturated rings. The number of carbonyl (C=O) groups is 1. The lowest BCUT2D eigenvalue weighted by Gasteiger charge is -2.08. The number of benzene rings is 2. The largest absolute Gasteiger partial charge is 0.489 e. The second-order valence-corrected chi connectivity index (χ2v) is 4.20. The van der Waals surface area contributed by atoms with Gasteiger partial charge in [-0.2, -0.15) is 0 Å². The van der Waals surface area contributed by atoms with E-state index in [1.807, 2.05) is 0 Å². The van der Waals surface area contributed by atoms with Crippen molar-refractivity contribution in [2.75, 3.05) is 0 Å². The number of carboxylic acids is 1. The van der Waals surface area contributed by atoms with E-state index in [9.17, 15) is 9.18 Å². The van der Waals surface area contributed by atoms with Crippen LogP contribution in [-0.4, -0.2) is 11.1 Å². The third kappa shape index (κ3) is 3.31. The van der Waals surface area contributed by atoms with Gasteiger partial charge in [0.1, 0.15) is 18.2 Å². The van der Waals surface area contributed by atoms with E-state index in [1.54, 1.807) is 31.2 Å². The molecule has 0 saturated heterocycles. The van der Waals surface area contributed by atoms with Gasteiger partial charge < -0.3 is 9.84 Å². The molecule has 19 heavy (non-hydrogen) atoms. The highest BCUT2D eigenvalue weighted by molar-refractivity contribution is 5.89. The number of rotatable bonds is 4. The van der Waals surface area contributed by atoms with Crippen molar-refractivity contribution >= 4 is 5.97 Å². The van der Waals surface area contributed by atoms with Gasteiger partial charge in [0, 0.05) is 0 Å². The molecule has 2 aromatic rings. The zero-order valence-electron chi connectivity index (χ0n) is 10.4. The molecule has 0 spiro atoms. The van der Waals surface area contributed by atoms with E-state index in [-0.39, 0.29) is 18.0 Å². The Labute approximate surface area is 110 Å². The number of ether oxygens (including phenoxy) is 1. The summed E-state index contributed by atoms with van der Waals surface area (Å²) in [6, 6.07) is 10.9. The summed E-state index contributed by atoms with van der Waals surface area (Å²) < 4.78 is 18.2. The average molecular weight is 260 g/mol. The molecule has 0 radical (unpaired) electrons. The molecule has 0 saturated carbocycles. The van der Waals surface area contributed by atoms with Gasteiger partial charge >= 0.3 is 5.97 Å². The zero-order valence-corrected chi connectivity index (χ0v) is 10.4. The number of halogens is 1. The summed E-state index contributed by atoms with van der Waals surface area (Å²) in [5, 5.41) is 9.01. The predicted octanol–water partition coefficient (Wildman–Crippen LogP) is 3.41. The first-order valence-corrected chi connectivity index (χ1v) is 5.77. The van der Waals surface area contributed by atoms with E-state index in [0.717, 1.165) is 5.56 Å². The summed E-state index contributed by atoms with van der Waals surface area (Å²) in [5.74, 6) is -0.802. The maximum atomic E-state index is 12.7. The molecule has 2 aromatic carbocycles. The third-order valence-electron chi connectivity index (χ3n) is 2.76. The molecular weight excluding hydrogens is 247 g/mol. The molecule has 1 N–H and O–H groups in total. The number of hydrogen-bond acceptors (Lipinski definition) is 2. The predicted molar refractivity (Wildman–Crippen MR) is 68.9 cm³/mol. The molecule has 0 heterocycles. The minimum Gasteiger partial charge on any atom is -0.489 e. The molecule has 0 aliphatic carbocycles. The Kier molecular flexibility index (Phi) is 3.80. The Balaban J connectivity index is 2.09. The van der Waals surface area contributed by atoms with Crippen LogP contribution in [-0.2, 0) is 6.61 Å². The van der Waals surface area contributed by atoms with Gasteiger partial charge in [0.05, 0.1) is 5.56 Å². The lowest BCUT2D eigenvalue weighted by Crippen LogP contribution is -2.01. The third-order valence-corrected chi connectivity index (χ3v) is 2.76. The molecule has 0 aliphatic heterocycles. The van der Waals surface area contributed by atoms with Crippen LogP contribution in [0.2, 0.25) is 0 Å². The first kappa shape index (κ1) is 13.1. The van der Waals surface area contributed by atoms with Crippen LogP contribution in [0.1, 0.15) is 21.5 Å². The quantitative estimate of drug-likeness (QED) is 0.916. The standard InChI is InChI=1S/C15H13FO3/c1-10-2-7-13(8-14(10)15(17)18)19-9-11-3-5-12(16)6-4-11/h2-8H,9H2,1H3,(H,17,18). The monoisotopic (exact) mass is 260 g/mol. The molecule has 0 aromatic heterocycles. The fraction of sp³-hybridized carbons (Fsp3) is 0.133. The fourth-order valence-corrected chi connectivity index (χ4v) is 1.67. The van der Waals surface area contributed by atoms with Gasteiger partial charge in [-0.05, 0) is 42.3 Å². The number of aryl methyl sites for hydroxylation is 1. The van der Waals surface area contributed by atoms with E-state index >= 15 is 0 Å². The highest BCUT2D eigenvalue weighted by atomic mass is 19.1. The molecule has 4 heteroatoms. The lowest BCUT2D eigenvalue weighted by molar-refractivity contribution is 0.0695. The van der Waals surface area contributed by atoms with E-state index in [0.29, 0.717) is 11.3 Å². The molecule has 0 aliphatic rings. The van der Waals surface area contributed by atoms with Gasteiger partial charge in [-0.25, -0.2) is 9.18 Å². The molecule has 0 unspecified atom stereocenters. The second-order valence-electron chi connectivity index (χ2n) is 4.20. The maximum absolute atomic E-state index is 12.7. The van der Waals surface area contributed by atoms with Gasteiger partial charge in [0.15, 0.2) is 0 Å². The summed E-state index contributed by atoms with van der Waals surface area (Å²) in [6.07, 6.45) is 0. The van der Waals surface area contributed by atoms with Crippen LogP contribution in [0.3, 0.4) is 0 Å². The Bertz CT molecular complexity index is 591. The molecule has 3 nitrogen and oxygen atoms in total. The normalized spacial score (nSPS) is 10.2. The second kappa shape index (κ2) is 5.52. The van der Waals surface area contributed by atoms with Gasteiger partial charge in [0.25, 0.3) is 0 Å². The van der Waals surface area contributed by atoms with Crippen molar-refractivity contribution in [3.05, 3.63) is 65.0 Å². The van der Waals surface area contributed by atoms with Gasteiger partial charge in [-0.1, -0.05) is 18.2 Å². The van der Waals surface area contributed by atoms with E-state index in [4.69, 9.17) is 9.84 Å². The minimum absolute atomic E-state index is 0.219. The summed E-state index contributed by atoms with van der Waals surface area (Å²) in [5.41, 5.74) is 1.72. The summed E-state index contributed by atoms with van der Waals surface area (Å²) in [4.78, 5) is 11.0. The van der Waals surface area contributed by atoms with Gasteiger partial charge in [-0.3, -0.25) is 0 Å². The molecule has 2 rings (SSSR count). The fourth-order valence-electron chi connectivity index (χ4n) is 1.67. The van der Waals surface area contributed by atoms with Gasteiger partial charge in [-0.15, -0.1) is 0 Å². The van der Waals surface area contributed by atoms with E-state index in [1.165, 1.54) is 18.2 Å². The van der Waals surface area contributed by atoms with Crippen LogP contribution in [0.15, 0.2) is 42.5 Å². The van der Waals surface area contributed by atoms with Crippen molar-refractivity contribution in [2.45, 2.75) is 13.5 Å². The first-order valence-electron chi connectivity index (χ1n) is 5.77. The molecule has 0 amide bonds. The lowest BCUT2D eigenvalue weighted by atomic mass is 10.1. The van der Waals surface area contributed by atoms with Crippen LogP contribution >= 0.6 is 0 Å². The van der Waals surface area contributed by atoms with Crippen LogP contribution in [0.5, 0.6) is 5.75 Å². The smallest absolute Gasteiger partial charge is 0.336 e. The number of carboxylic acid groups (broad SMARTS) is 1. The van der Waals surface area contributed by atoms with Crippen LogP contribution in [0.25, 0.3) is 0 Å². The molecular formula is C15H13FO3. The Hall–Kier alpha value is -2.36. The van der Waals surface area contributed by atoms with E-state index in [2.05, 4.69) is 0 Å². The van der Waals surface area contributed by atoms with Crippen molar-refractivity contribution in [3.63, 3.8) is 0 Å². The summed E-state index contributed by atoms with van der Waals surface area (Å²) in [6.45, 7) is 2.00. The van der Waals surface area contributed by atoms with E-state index < -0.39 is 5.97 Å². The Morgan fingerprint density at radius 3 is 2.53 bits per heavy atom. The molecule has 0 bridgehead atoms. The van der Waals surface area contributed by atoms with Crippen molar-refractivity contribution in [2.24, 2.45) is 0 Å². The van der Waals surface area contributed by atoms with Crippen LogP contribution < -0.4 is 4.74 Å². The van der Waals surface area contributed by atoms with Crippen LogP contribution in [0, 0.1) is 12.7 Å². The molecule has 0 atom stereocenters. The zero-order chi connectivity index (χ0) is 13.8. The van der Waals surface area contributed by atoms with Gasteiger partial charge in [0.2, 0.25) is 0 Å². The first-order chi connectivity index (χ1) is 9.06. The molecule has 98 valence electrons. The average Bonchev–Trinajstić information content (AvgIpc) is 2.39. The minimum atomic E-state index is -0.982. The SMILES string of the molecule is Cc1ccc(OCc2ccc(F)cc2)cc1C(=O)O. The maximum Gasteiger partial charge on any atom is 0.336 e. The topological polar surface area (TPSA) is 46.5 Å². The Morgan fingerprint density at radius 2 is 1.89 bits per heavy atom. The highest BCUT2D eigenvalue weighted by Crippen LogP contribution is 2.18. The van der Waals surface area contributed by atoms with Crippen molar-refractivity contribution in [1.82, 2.24) is 0 Å². The Morgan fingerprint density at radius 1 is 1.21 bits per heavy atom. The van der Waals surface area contributed by atoms with Crippen LogP contribution in [0.4, 0.5) is 4.39 Å². The van der Waals surface area contributed by atoms with Crippen molar-refractivity contribution < 1.29 is 19.0 Å².